The first-order chi connectivity index (χ1) is 8.72. The molecule has 5 heteroatoms. The van der Waals surface area contributed by atoms with Crippen LogP contribution in [0.4, 0.5) is 0 Å². The lowest BCUT2D eigenvalue weighted by Crippen LogP contribution is -2.24. The lowest BCUT2D eigenvalue weighted by Gasteiger charge is -2.01. The Balaban J connectivity index is 2.06. The van der Waals surface area contributed by atoms with Crippen LogP contribution in [-0.2, 0) is 4.74 Å². The van der Waals surface area contributed by atoms with E-state index < -0.39 is 0 Å². The molecule has 1 aromatic carbocycles. The van der Waals surface area contributed by atoms with Crippen molar-refractivity contribution in [2.24, 2.45) is 0 Å². The highest BCUT2D eigenvalue weighted by Gasteiger charge is 2.12. The van der Waals surface area contributed by atoms with E-state index in [0.29, 0.717) is 24.5 Å². The van der Waals surface area contributed by atoms with Crippen molar-refractivity contribution >= 4 is 32.8 Å². The maximum atomic E-state index is 11.8. The van der Waals surface area contributed by atoms with Gasteiger partial charge in [-0.2, -0.15) is 0 Å². The second-order valence-electron chi connectivity index (χ2n) is 3.86. The smallest absolute Gasteiger partial charge is 0.287 e. The van der Waals surface area contributed by atoms with Crippen molar-refractivity contribution in [2.75, 3.05) is 20.3 Å². The highest BCUT2D eigenvalue weighted by atomic mass is 79.9. The van der Waals surface area contributed by atoms with E-state index in [2.05, 4.69) is 21.2 Å². The highest BCUT2D eigenvalue weighted by molar-refractivity contribution is 9.10. The minimum atomic E-state index is -0.200. The molecule has 0 aliphatic carbocycles. The fourth-order valence-electron chi connectivity index (χ4n) is 1.64. The molecule has 0 spiro atoms. The standard InChI is InChI=1S/C13H14BrNO3/c1-17-7-3-6-15-13(16)12-8-9-10(14)4-2-5-11(9)18-12/h2,4-5,8H,3,6-7H2,1H3,(H,15,16). The van der Waals surface area contributed by atoms with Crippen molar-refractivity contribution in [3.8, 4) is 0 Å². The second-order valence-corrected chi connectivity index (χ2v) is 4.72. The van der Waals surface area contributed by atoms with Crippen LogP contribution in [0.15, 0.2) is 33.2 Å². The molecule has 0 bridgehead atoms. The van der Waals surface area contributed by atoms with E-state index in [4.69, 9.17) is 9.15 Å². The number of halogens is 1. The maximum Gasteiger partial charge on any atom is 0.287 e. The van der Waals surface area contributed by atoms with Gasteiger partial charge in [-0.1, -0.05) is 22.0 Å². The third kappa shape index (κ3) is 2.91. The van der Waals surface area contributed by atoms with Crippen LogP contribution < -0.4 is 5.32 Å². The van der Waals surface area contributed by atoms with Gasteiger partial charge < -0.3 is 14.5 Å². The summed E-state index contributed by atoms with van der Waals surface area (Å²) in [6.07, 6.45) is 0.784. The quantitative estimate of drug-likeness (QED) is 0.864. The molecule has 1 heterocycles. The molecule has 0 aliphatic heterocycles. The first-order valence-electron chi connectivity index (χ1n) is 5.67. The zero-order valence-corrected chi connectivity index (χ0v) is 11.6. The molecular weight excluding hydrogens is 298 g/mol. The van der Waals surface area contributed by atoms with E-state index in [1.54, 1.807) is 13.2 Å². The van der Waals surface area contributed by atoms with Crippen molar-refractivity contribution in [2.45, 2.75) is 6.42 Å². The zero-order chi connectivity index (χ0) is 13.0. The number of nitrogens with one attached hydrogen (secondary N) is 1. The number of methoxy groups -OCH3 is 1. The van der Waals surface area contributed by atoms with Gasteiger partial charge in [0.2, 0.25) is 0 Å². The Kier molecular flexibility index (Phi) is 4.38. The summed E-state index contributed by atoms with van der Waals surface area (Å²) in [5.74, 6) is 0.128. The number of furan rings is 1. The summed E-state index contributed by atoms with van der Waals surface area (Å²) >= 11 is 3.42. The van der Waals surface area contributed by atoms with Crippen LogP contribution in [0.1, 0.15) is 17.0 Å². The maximum absolute atomic E-state index is 11.8. The van der Waals surface area contributed by atoms with Gasteiger partial charge in [0, 0.05) is 30.1 Å². The largest absolute Gasteiger partial charge is 0.451 e. The Labute approximate surface area is 113 Å². The van der Waals surface area contributed by atoms with Gasteiger partial charge >= 0.3 is 0 Å². The molecule has 0 aliphatic rings. The molecule has 0 atom stereocenters. The number of rotatable bonds is 5. The van der Waals surface area contributed by atoms with Crippen LogP contribution in [0.2, 0.25) is 0 Å². The Bertz CT molecular complexity index is 550. The number of benzene rings is 1. The molecule has 1 N–H and O–H groups in total. The topological polar surface area (TPSA) is 51.5 Å². The van der Waals surface area contributed by atoms with Crippen molar-refractivity contribution < 1.29 is 13.9 Å². The summed E-state index contributed by atoms with van der Waals surface area (Å²) in [6, 6.07) is 7.36. The molecule has 2 rings (SSSR count). The lowest BCUT2D eigenvalue weighted by atomic mass is 10.2. The van der Waals surface area contributed by atoms with E-state index in [-0.39, 0.29) is 5.91 Å². The Morgan fingerprint density at radius 2 is 2.33 bits per heavy atom. The molecule has 0 saturated heterocycles. The second kappa shape index (κ2) is 6.02. The van der Waals surface area contributed by atoms with Crippen LogP contribution in [0, 0.1) is 0 Å². The van der Waals surface area contributed by atoms with Crippen molar-refractivity contribution in [3.63, 3.8) is 0 Å². The van der Waals surface area contributed by atoms with Gasteiger partial charge in [0.25, 0.3) is 5.91 Å². The van der Waals surface area contributed by atoms with Gasteiger partial charge in [-0.15, -0.1) is 0 Å². The molecule has 0 fully saturated rings. The molecule has 0 radical (unpaired) electrons. The predicted molar refractivity (Wildman–Crippen MR) is 72.7 cm³/mol. The van der Waals surface area contributed by atoms with E-state index in [9.17, 15) is 4.79 Å². The SMILES string of the molecule is COCCCNC(=O)c1cc2c(Br)cccc2o1. The van der Waals surface area contributed by atoms with Gasteiger partial charge in [-0.25, -0.2) is 0 Å². The molecular formula is C13H14BrNO3. The van der Waals surface area contributed by atoms with Crippen LogP contribution in [0.25, 0.3) is 11.0 Å². The number of hydrogen-bond acceptors (Lipinski definition) is 3. The summed E-state index contributed by atoms with van der Waals surface area (Å²) in [4.78, 5) is 11.8. The number of carbonyl (C=O) groups excluding carboxylic acids is 1. The summed E-state index contributed by atoms with van der Waals surface area (Å²) in [6.45, 7) is 1.21. The van der Waals surface area contributed by atoms with Crippen LogP contribution in [-0.4, -0.2) is 26.2 Å². The Hall–Kier alpha value is -1.33. The number of fused-ring (bicyclic) bond motifs is 1. The van der Waals surface area contributed by atoms with E-state index in [0.717, 1.165) is 16.3 Å². The summed E-state index contributed by atoms with van der Waals surface area (Å²) in [5, 5.41) is 3.69. The normalized spacial score (nSPS) is 10.8. The zero-order valence-electron chi connectivity index (χ0n) is 10.0. The highest BCUT2D eigenvalue weighted by Crippen LogP contribution is 2.26. The minimum Gasteiger partial charge on any atom is -0.451 e. The molecule has 2 aromatic rings. The molecule has 0 unspecified atom stereocenters. The fraction of sp³-hybridized carbons (Fsp3) is 0.308. The average Bonchev–Trinajstić information content (AvgIpc) is 2.80. The van der Waals surface area contributed by atoms with Gasteiger partial charge in [0.15, 0.2) is 5.76 Å². The fourth-order valence-corrected chi connectivity index (χ4v) is 2.11. The lowest BCUT2D eigenvalue weighted by molar-refractivity contribution is 0.0923. The minimum absolute atomic E-state index is 0.200. The molecule has 1 amide bonds. The van der Waals surface area contributed by atoms with Gasteiger partial charge in [-0.3, -0.25) is 4.79 Å². The van der Waals surface area contributed by atoms with Gasteiger partial charge in [0.1, 0.15) is 5.58 Å². The van der Waals surface area contributed by atoms with Crippen LogP contribution in [0.3, 0.4) is 0 Å². The molecule has 1 aromatic heterocycles. The monoisotopic (exact) mass is 311 g/mol. The first kappa shape index (κ1) is 13.1. The molecule has 18 heavy (non-hydrogen) atoms. The van der Waals surface area contributed by atoms with Gasteiger partial charge in [-0.05, 0) is 24.6 Å². The Morgan fingerprint density at radius 3 is 3.06 bits per heavy atom. The molecule has 96 valence electrons. The average molecular weight is 312 g/mol. The van der Waals surface area contributed by atoms with E-state index in [1.807, 2.05) is 18.2 Å². The van der Waals surface area contributed by atoms with E-state index in [1.165, 1.54) is 0 Å². The summed E-state index contributed by atoms with van der Waals surface area (Å²) in [7, 11) is 1.64. The van der Waals surface area contributed by atoms with Crippen LogP contribution >= 0.6 is 15.9 Å². The van der Waals surface area contributed by atoms with Crippen molar-refractivity contribution in [1.82, 2.24) is 5.32 Å². The number of amides is 1. The third-order valence-electron chi connectivity index (χ3n) is 2.54. The molecule has 4 nitrogen and oxygen atoms in total. The van der Waals surface area contributed by atoms with E-state index >= 15 is 0 Å². The number of ether oxygens (including phenoxy) is 1. The summed E-state index contributed by atoms with van der Waals surface area (Å²) < 4.78 is 11.3. The van der Waals surface area contributed by atoms with Crippen LogP contribution in [0.5, 0.6) is 0 Å². The number of carbonyl (C=O) groups is 1. The Morgan fingerprint density at radius 1 is 1.50 bits per heavy atom. The number of hydrogen-bond donors (Lipinski definition) is 1. The van der Waals surface area contributed by atoms with Crippen molar-refractivity contribution in [1.29, 1.82) is 0 Å². The molecule has 0 saturated carbocycles. The third-order valence-corrected chi connectivity index (χ3v) is 3.23. The summed E-state index contributed by atoms with van der Waals surface area (Å²) in [5.41, 5.74) is 0.700. The van der Waals surface area contributed by atoms with Gasteiger partial charge in [0.05, 0.1) is 0 Å². The van der Waals surface area contributed by atoms with Crippen molar-refractivity contribution in [3.05, 3.63) is 34.5 Å². The first-order valence-corrected chi connectivity index (χ1v) is 6.47. The predicted octanol–water partition coefficient (Wildman–Crippen LogP) is 2.96.